The predicted molar refractivity (Wildman–Crippen MR) is 205 cm³/mol. The average Bonchev–Trinajstić information content (AvgIpc) is 3.58. The molecule has 0 atom stereocenters. The third-order valence-corrected chi connectivity index (χ3v) is 10.2. The van der Waals surface area contributed by atoms with Gasteiger partial charge in [-0.15, -0.1) is 11.3 Å². The highest BCUT2D eigenvalue weighted by Gasteiger charge is 2.17. The van der Waals surface area contributed by atoms with Crippen LogP contribution in [0.3, 0.4) is 0 Å². The van der Waals surface area contributed by atoms with Crippen LogP contribution in [0, 0.1) is 0 Å². The van der Waals surface area contributed by atoms with E-state index in [-0.39, 0.29) is 0 Å². The molecule has 0 saturated heterocycles. The molecule has 0 unspecified atom stereocenters. The van der Waals surface area contributed by atoms with E-state index in [1.807, 2.05) is 12.1 Å². The van der Waals surface area contributed by atoms with Gasteiger partial charge in [0.2, 0.25) is 0 Å². The first kappa shape index (κ1) is 29.0. The fourth-order valence-electron chi connectivity index (χ4n) is 6.44. The van der Waals surface area contributed by atoms with E-state index in [9.17, 15) is 0 Å². The molecule has 0 aliphatic rings. The lowest BCUT2D eigenvalue weighted by atomic mass is 9.99. The molecule has 0 aliphatic carbocycles. The van der Waals surface area contributed by atoms with Gasteiger partial charge in [-0.25, -0.2) is 15.0 Å². The Bertz CT molecular complexity index is 2570. The zero-order valence-corrected chi connectivity index (χ0v) is 27.3. The second-order valence-corrected chi connectivity index (χ2v) is 13.1. The molecule has 0 spiro atoms. The summed E-state index contributed by atoms with van der Waals surface area (Å²) in [6.07, 6.45) is 0. The molecule has 49 heavy (non-hydrogen) atoms. The first-order chi connectivity index (χ1) is 24.3. The van der Waals surface area contributed by atoms with Crippen molar-refractivity contribution in [2.45, 2.75) is 0 Å². The summed E-state index contributed by atoms with van der Waals surface area (Å²) in [5.41, 5.74) is 9.88. The summed E-state index contributed by atoms with van der Waals surface area (Å²) in [6.45, 7) is 0. The number of rotatable bonds is 6. The van der Waals surface area contributed by atoms with Gasteiger partial charge in [-0.3, -0.25) is 0 Å². The van der Waals surface area contributed by atoms with Crippen molar-refractivity contribution < 1.29 is 0 Å². The smallest absolute Gasteiger partial charge is 0.165 e. The van der Waals surface area contributed by atoms with E-state index in [0.717, 1.165) is 33.4 Å². The number of nitrogens with zero attached hydrogens (tertiary/aromatic N) is 3. The molecule has 0 fully saturated rings. The predicted octanol–water partition coefficient (Wildman–Crippen LogP) is 12.2. The van der Waals surface area contributed by atoms with E-state index in [2.05, 4.69) is 164 Å². The van der Waals surface area contributed by atoms with Gasteiger partial charge in [0, 0.05) is 36.9 Å². The van der Waals surface area contributed by atoms with E-state index in [4.69, 9.17) is 15.0 Å². The Kier molecular flexibility index (Phi) is 7.34. The van der Waals surface area contributed by atoms with Crippen molar-refractivity contribution in [2.75, 3.05) is 0 Å². The van der Waals surface area contributed by atoms with E-state index in [1.54, 1.807) is 11.3 Å². The highest BCUT2D eigenvalue weighted by Crippen LogP contribution is 2.40. The summed E-state index contributed by atoms with van der Waals surface area (Å²) < 4.78 is 2.43. The maximum absolute atomic E-state index is 5.16. The average molecular weight is 644 g/mol. The molecular formula is C45H29N3S. The van der Waals surface area contributed by atoms with Crippen LogP contribution in [0.5, 0.6) is 0 Å². The quantitative estimate of drug-likeness (QED) is 0.181. The van der Waals surface area contributed by atoms with Crippen LogP contribution in [0.4, 0.5) is 0 Å². The SMILES string of the molecule is c1ccc(-c2ccc(-c3cccc(-c4nc(-c5ccc(-c6ccccc6)cc5)nc(-c5cccc6c5sc5ccccc56)n4)c3)cc2)cc1. The Morgan fingerprint density at radius 2 is 0.755 bits per heavy atom. The summed E-state index contributed by atoms with van der Waals surface area (Å²) in [7, 11) is 0. The van der Waals surface area contributed by atoms with Crippen LogP contribution in [0.2, 0.25) is 0 Å². The lowest BCUT2D eigenvalue weighted by molar-refractivity contribution is 1.08. The monoisotopic (exact) mass is 643 g/mol. The molecule has 0 radical (unpaired) electrons. The van der Waals surface area contributed by atoms with Gasteiger partial charge in [0.1, 0.15) is 0 Å². The second kappa shape index (κ2) is 12.4. The molecule has 9 rings (SSSR count). The summed E-state index contributed by atoms with van der Waals surface area (Å²) in [6, 6.07) is 61.6. The molecule has 4 heteroatoms. The molecule has 0 N–H and O–H groups in total. The van der Waals surface area contributed by atoms with Gasteiger partial charge in [0.05, 0.1) is 0 Å². The number of hydrogen-bond donors (Lipinski definition) is 0. The number of thiophene rings is 1. The molecule has 0 bridgehead atoms. The number of fused-ring (bicyclic) bond motifs is 3. The van der Waals surface area contributed by atoms with Crippen molar-refractivity contribution in [1.82, 2.24) is 15.0 Å². The van der Waals surface area contributed by atoms with Crippen LogP contribution in [0.1, 0.15) is 0 Å². The largest absolute Gasteiger partial charge is 0.208 e. The summed E-state index contributed by atoms with van der Waals surface area (Å²) in [5.74, 6) is 1.96. The van der Waals surface area contributed by atoms with Crippen LogP contribution < -0.4 is 0 Å². The Labute approximate surface area is 288 Å². The first-order valence-corrected chi connectivity index (χ1v) is 17.2. The van der Waals surface area contributed by atoms with Crippen LogP contribution in [0.15, 0.2) is 176 Å². The summed E-state index contributed by atoms with van der Waals surface area (Å²) in [5, 5.41) is 2.47. The Hall–Kier alpha value is -6.23. The van der Waals surface area contributed by atoms with E-state index < -0.39 is 0 Å². The van der Waals surface area contributed by atoms with E-state index in [0.29, 0.717) is 17.5 Å². The van der Waals surface area contributed by atoms with Crippen molar-refractivity contribution in [3.05, 3.63) is 176 Å². The van der Waals surface area contributed by atoms with Crippen molar-refractivity contribution in [2.24, 2.45) is 0 Å². The van der Waals surface area contributed by atoms with Gasteiger partial charge in [0.15, 0.2) is 17.5 Å². The summed E-state index contributed by atoms with van der Waals surface area (Å²) in [4.78, 5) is 15.4. The molecule has 2 heterocycles. The molecule has 0 saturated carbocycles. The normalized spacial score (nSPS) is 11.3. The zero-order chi connectivity index (χ0) is 32.6. The number of hydrogen-bond acceptors (Lipinski definition) is 4. The van der Waals surface area contributed by atoms with Crippen molar-refractivity contribution >= 4 is 31.5 Å². The second-order valence-electron chi connectivity index (χ2n) is 12.1. The molecule has 9 aromatic rings. The maximum Gasteiger partial charge on any atom is 0.165 e. The van der Waals surface area contributed by atoms with Gasteiger partial charge in [-0.2, -0.15) is 0 Å². The fraction of sp³-hybridized carbons (Fsp3) is 0. The van der Waals surface area contributed by atoms with Crippen LogP contribution in [-0.2, 0) is 0 Å². The molecule has 3 nitrogen and oxygen atoms in total. The van der Waals surface area contributed by atoms with Crippen molar-refractivity contribution in [3.63, 3.8) is 0 Å². The minimum Gasteiger partial charge on any atom is -0.208 e. The van der Waals surface area contributed by atoms with Gasteiger partial charge in [0.25, 0.3) is 0 Å². The van der Waals surface area contributed by atoms with Crippen LogP contribution >= 0.6 is 11.3 Å². The maximum atomic E-state index is 5.16. The lowest BCUT2D eigenvalue weighted by Gasteiger charge is -2.11. The van der Waals surface area contributed by atoms with Gasteiger partial charge in [-0.1, -0.05) is 158 Å². The molecule has 230 valence electrons. The highest BCUT2D eigenvalue weighted by atomic mass is 32.1. The van der Waals surface area contributed by atoms with Crippen LogP contribution in [-0.4, -0.2) is 15.0 Å². The van der Waals surface area contributed by atoms with Gasteiger partial charge < -0.3 is 0 Å². The number of benzene rings is 7. The topological polar surface area (TPSA) is 38.7 Å². The van der Waals surface area contributed by atoms with E-state index >= 15 is 0 Å². The Morgan fingerprint density at radius 1 is 0.306 bits per heavy atom. The van der Waals surface area contributed by atoms with E-state index in [1.165, 1.54) is 36.9 Å². The molecule has 0 amide bonds. The third kappa shape index (κ3) is 5.58. The minimum absolute atomic E-state index is 0.646. The van der Waals surface area contributed by atoms with Gasteiger partial charge in [-0.05, 0) is 51.6 Å². The molecule has 7 aromatic carbocycles. The first-order valence-electron chi connectivity index (χ1n) is 16.4. The molecule has 0 aliphatic heterocycles. The van der Waals surface area contributed by atoms with Crippen LogP contribution in [0.25, 0.3) is 87.7 Å². The third-order valence-electron chi connectivity index (χ3n) is 8.98. The molecular weight excluding hydrogens is 615 g/mol. The fourth-order valence-corrected chi connectivity index (χ4v) is 7.66. The Morgan fingerprint density at radius 3 is 1.43 bits per heavy atom. The van der Waals surface area contributed by atoms with Crippen molar-refractivity contribution in [3.8, 4) is 67.5 Å². The van der Waals surface area contributed by atoms with Gasteiger partial charge >= 0.3 is 0 Å². The Balaban J connectivity index is 1.17. The minimum atomic E-state index is 0.646. The summed E-state index contributed by atoms with van der Waals surface area (Å²) >= 11 is 1.78. The molecule has 2 aromatic heterocycles. The van der Waals surface area contributed by atoms with Crippen molar-refractivity contribution in [1.29, 1.82) is 0 Å². The standard InChI is InChI=1S/C45H29N3S/c1-3-11-30(12-4-1)32-21-23-34(24-22-32)36-15-9-16-37(29-36)44-46-43(35-27-25-33(26-28-35)31-13-5-2-6-14-31)47-45(48-44)40-19-10-18-39-38-17-7-8-20-41(38)49-42(39)40/h1-29H. The highest BCUT2D eigenvalue weighted by molar-refractivity contribution is 7.26. The zero-order valence-electron chi connectivity index (χ0n) is 26.5. The number of aromatic nitrogens is 3. The lowest BCUT2D eigenvalue weighted by Crippen LogP contribution is -2.00.